The summed E-state index contributed by atoms with van der Waals surface area (Å²) in [5.41, 5.74) is 0. The van der Waals surface area contributed by atoms with Crippen LogP contribution in [0.4, 0.5) is 8.78 Å². The molecule has 90 valence electrons. The summed E-state index contributed by atoms with van der Waals surface area (Å²) in [5.74, 6) is -1.50. The van der Waals surface area contributed by atoms with Gasteiger partial charge >= 0.3 is 0 Å². The highest BCUT2D eigenvalue weighted by Crippen LogP contribution is 2.13. The van der Waals surface area contributed by atoms with Crippen LogP contribution in [0.15, 0.2) is 30.9 Å². The second-order valence-corrected chi connectivity index (χ2v) is 5.78. The van der Waals surface area contributed by atoms with Crippen molar-refractivity contribution in [3.63, 3.8) is 0 Å². The van der Waals surface area contributed by atoms with E-state index in [0.717, 1.165) is 12.1 Å². The maximum Gasteiger partial charge on any atom is 0.236 e. The summed E-state index contributed by atoms with van der Waals surface area (Å²) in [7, 11) is 1.41. The first-order valence-electron chi connectivity index (χ1n) is 3.90. The summed E-state index contributed by atoms with van der Waals surface area (Å²) in [4.78, 5) is 0. The molecule has 1 aromatic rings. The van der Waals surface area contributed by atoms with Crippen molar-refractivity contribution >= 4 is 31.3 Å². The van der Waals surface area contributed by atoms with Gasteiger partial charge in [0.25, 0.3) is 0 Å². The Morgan fingerprint density at radius 3 is 2.19 bits per heavy atom. The zero-order valence-corrected chi connectivity index (χ0v) is 10.3. The number of hydrogen-bond donors (Lipinski definition) is 0. The average Bonchev–Trinajstić information content (AvgIpc) is 2.11. The fourth-order valence-corrected chi connectivity index (χ4v) is 1.28. The molecule has 0 saturated heterocycles. The minimum absolute atomic E-state index is 0.0589. The lowest BCUT2D eigenvalue weighted by atomic mass is 10.3. The molecule has 1 rings (SSSR count). The summed E-state index contributed by atoms with van der Waals surface area (Å²) in [6, 6.07) is 3.01. The molecule has 0 bridgehead atoms. The van der Waals surface area contributed by atoms with Crippen LogP contribution in [0.25, 0.3) is 0 Å². The molecule has 0 fully saturated rings. The van der Waals surface area contributed by atoms with Crippen molar-refractivity contribution in [3.05, 3.63) is 47.5 Å². The molecule has 0 radical (unpaired) electrons. The van der Waals surface area contributed by atoms with Crippen LogP contribution in [-0.2, 0) is 9.05 Å². The summed E-state index contributed by atoms with van der Waals surface area (Å²) in [6.07, 6.45) is 1.24. The minimum atomic E-state index is -3.32. The van der Waals surface area contributed by atoms with E-state index in [1.54, 1.807) is 0 Å². The summed E-state index contributed by atoms with van der Waals surface area (Å²) in [6.45, 7) is 3.18. The molecule has 2 nitrogen and oxygen atoms in total. The van der Waals surface area contributed by atoms with Gasteiger partial charge in [-0.3, -0.25) is 0 Å². The van der Waals surface area contributed by atoms with Crippen LogP contribution in [0.1, 0.15) is 0 Å². The second-order valence-electron chi connectivity index (χ2n) is 2.55. The van der Waals surface area contributed by atoms with Gasteiger partial charge in [0.1, 0.15) is 11.6 Å². The van der Waals surface area contributed by atoms with Gasteiger partial charge in [0.05, 0.1) is 10.8 Å². The fraction of sp³-hybridized carbons (Fsp3) is 0.111. The molecule has 0 saturated carbocycles. The standard InChI is InChI=1S/C6H3ClF2.C3H5ClO2S/c7-5-2-1-4(8)3-6(5)9;1-2-3-7(4,5)6/h1-3H;2H,1,3H2. The van der Waals surface area contributed by atoms with Crippen LogP contribution in [0.3, 0.4) is 0 Å². The molecule has 0 amide bonds. The molecule has 0 atom stereocenters. The predicted molar refractivity (Wildman–Crippen MR) is 61.2 cm³/mol. The third-order valence-electron chi connectivity index (χ3n) is 1.20. The van der Waals surface area contributed by atoms with Gasteiger partial charge in [0.15, 0.2) is 0 Å². The van der Waals surface area contributed by atoms with Crippen molar-refractivity contribution < 1.29 is 17.2 Å². The Labute approximate surface area is 102 Å². The number of hydrogen-bond acceptors (Lipinski definition) is 2. The largest absolute Gasteiger partial charge is 0.236 e. The van der Waals surface area contributed by atoms with Crippen LogP contribution in [0, 0.1) is 11.6 Å². The van der Waals surface area contributed by atoms with Crippen molar-refractivity contribution in [2.45, 2.75) is 0 Å². The Morgan fingerprint density at radius 1 is 1.38 bits per heavy atom. The quantitative estimate of drug-likeness (QED) is 0.475. The Balaban J connectivity index is 0.000000293. The minimum Gasteiger partial charge on any atom is -0.212 e. The SMILES string of the molecule is C=CCS(=O)(=O)Cl.Fc1ccc(Cl)c(F)c1. The van der Waals surface area contributed by atoms with Gasteiger partial charge in [0, 0.05) is 16.7 Å². The highest BCUT2D eigenvalue weighted by Gasteiger charge is 1.98. The van der Waals surface area contributed by atoms with Crippen molar-refractivity contribution in [1.29, 1.82) is 0 Å². The summed E-state index contributed by atoms with van der Waals surface area (Å²) < 4.78 is 44.1. The van der Waals surface area contributed by atoms with E-state index in [1.165, 1.54) is 12.1 Å². The van der Waals surface area contributed by atoms with Crippen molar-refractivity contribution in [2.75, 3.05) is 5.75 Å². The molecule has 0 N–H and O–H groups in total. The van der Waals surface area contributed by atoms with E-state index in [4.69, 9.17) is 22.3 Å². The molecule has 16 heavy (non-hydrogen) atoms. The molecule has 0 spiro atoms. The summed E-state index contributed by atoms with van der Waals surface area (Å²) >= 11 is 5.24. The lowest BCUT2D eigenvalue weighted by molar-refractivity contribution is 0.583. The van der Waals surface area contributed by atoms with Gasteiger partial charge in [-0.1, -0.05) is 17.7 Å². The van der Waals surface area contributed by atoms with Gasteiger partial charge in [-0.25, -0.2) is 17.2 Å². The maximum absolute atomic E-state index is 12.2. The van der Waals surface area contributed by atoms with Crippen molar-refractivity contribution in [1.82, 2.24) is 0 Å². The third kappa shape index (κ3) is 7.62. The van der Waals surface area contributed by atoms with Gasteiger partial charge in [0.2, 0.25) is 9.05 Å². The summed E-state index contributed by atoms with van der Waals surface area (Å²) in [5, 5.41) is -0.0589. The van der Waals surface area contributed by atoms with Crippen LogP contribution >= 0.6 is 22.3 Å². The first kappa shape index (κ1) is 15.3. The second kappa shape index (κ2) is 6.83. The van der Waals surface area contributed by atoms with E-state index in [1.807, 2.05) is 0 Å². The monoisotopic (exact) mass is 288 g/mol. The van der Waals surface area contributed by atoms with E-state index in [2.05, 4.69) is 6.58 Å². The molecule has 7 heteroatoms. The predicted octanol–water partition coefficient (Wildman–Crippen LogP) is 3.36. The first-order valence-corrected chi connectivity index (χ1v) is 6.75. The number of halogens is 4. The maximum atomic E-state index is 12.2. The molecule has 0 aliphatic rings. The molecule has 0 aliphatic carbocycles. The molecular weight excluding hydrogens is 281 g/mol. The van der Waals surface area contributed by atoms with E-state index in [0.29, 0.717) is 0 Å². The highest BCUT2D eigenvalue weighted by molar-refractivity contribution is 8.13. The Hall–Kier alpha value is -0.650. The van der Waals surface area contributed by atoms with E-state index < -0.39 is 20.7 Å². The van der Waals surface area contributed by atoms with Crippen molar-refractivity contribution in [2.24, 2.45) is 0 Å². The van der Waals surface area contributed by atoms with Gasteiger partial charge in [-0.15, -0.1) is 6.58 Å². The average molecular weight is 289 g/mol. The van der Waals surface area contributed by atoms with Gasteiger partial charge in [-0.2, -0.15) is 0 Å². The topological polar surface area (TPSA) is 34.1 Å². The van der Waals surface area contributed by atoms with Gasteiger partial charge in [-0.05, 0) is 12.1 Å². The Bertz CT molecular complexity index is 461. The Kier molecular flexibility index (Phi) is 6.55. The molecule has 0 aliphatic heterocycles. The molecular formula is C9H8Cl2F2O2S. The number of rotatable bonds is 2. The molecule has 0 heterocycles. The van der Waals surface area contributed by atoms with Crippen molar-refractivity contribution in [3.8, 4) is 0 Å². The highest BCUT2D eigenvalue weighted by atomic mass is 35.7. The first-order chi connectivity index (χ1) is 7.26. The lowest BCUT2D eigenvalue weighted by Crippen LogP contribution is -1.90. The van der Waals surface area contributed by atoms with Gasteiger partial charge < -0.3 is 0 Å². The molecule has 1 aromatic carbocycles. The molecule has 0 aromatic heterocycles. The van der Waals surface area contributed by atoms with Crippen LogP contribution < -0.4 is 0 Å². The fourth-order valence-electron chi connectivity index (χ4n) is 0.611. The van der Waals surface area contributed by atoms with Crippen LogP contribution in [0.2, 0.25) is 5.02 Å². The smallest absolute Gasteiger partial charge is 0.212 e. The lowest BCUT2D eigenvalue weighted by Gasteiger charge is -1.90. The van der Waals surface area contributed by atoms with E-state index in [-0.39, 0.29) is 10.8 Å². The van der Waals surface area contributed by atoms with Crippen LogP contribution in [-0.4, -0.2) is 14.2 Å². The normalized spacial score (nSPS) is 10.2. The zero-order valence-electron chi connectivity index (χ0n) is 7.96. The zero-order chi connectivity index (χ0) is 12.8. The number of benzene rings is 1. The van der Waals surface area contributed by atoms with E-state index in [9.17, 15) is 17.2 Å². The van der Waals surface area contributed by atoms with E-state index >= 15 is 0 Å². The Morgan fingerprint density at radius 2 is 1.94 bits per heavy atom. The van der Waals surface area contributed by atoms with Crippen LogP contribution in [0.5, 0.6) is 0 Å². The third-order valence-corrected chi connectivity index (χ3v) is 2.52. The molecule has 0 unspecified atom stereocenters.